The Bertz CT molecular complexity index is 777. The summed E-state index contributed by atoms with van der Waals surface area (Å²) in [6.45, 7) is 2.02. The average Bonchev–Trinajstić information content (AvgIpc) is 2.47. The fraction of sp³-hybridized carbons (Fsp3) is 0.0588. The predicted molar refractivity (Wildman–Crippen MR) is 81.0 cm³/mol. The summed E-state index contributed by atoms with van der Waals surface area (Å²) >= 11 is 0. The van der Waals surface area contributed by atoms with Gasteiger partial charge in [0.2, 0.25) is 0 Å². The van der Waals surface area contributed by atoms with E-state index < -0.39 is 0 Å². The van der Waals surface area contributed by atoms with E-state index in [0.29, 0.717) is 5.69 Å². The SMILES string of the molecule is Cc1ccc(N=Nc2cc3ccccc3cc2O)cc1. The summed E-state index contributed by atoms with van der Waals surface area (Å²) in [5.41, 5.74) is 2.42. The Morgan fingerprint density at radius 1 is 0.800 bits per heavy atom. The van der Waals surface area contributed by atoms with E-state index in [-0.39, 0.29) is 5.75 Å². The highest BCUT2D eigenvalue weighted by Gasteiger charge is 2.02. The molecule has 20 heavy (non-hydrogen) atoms. The maximum Gasteiger partial charge on any atom is 0.143 e. The summed E-state index contributed by atoms with van der Waals surface area (Å²) in [5.74, 6) is 0.138. The molecular weight excluding hydrogens is 248 g/mol. The second-order valence-corrected chi connectivity index (χ2v) is 4.72. The minimum absolute atomic E-state index is 0.138. The Balaban J connectivity index is 1.97. The molecular formula is C17H14N2O. The van der Waals surface area contributed by atoms with Crippen LogP contribution >= 0.6 is 0 Å². The van der Waals surface area contributed by atoms with Crippen LogP contribution in [0, 0.1) is 6.92 Å². The van der Waals surface area contributed by atoms with Crippen LogP contribution in [0.3, 0.4) is 0 Å². The van der Waals surface area contributed by atoms with Crippen LogP contribution in [-0.2, 0) is 0 Å². The molecule has 0 aliphatic heterocycles. The van der Waals surface area contributed by atoms with Crippen molar-refractivity contribution in [3.05, 3.63) is 66.2 Å². The number of rotatable bonds is 2. The van der Waals surface area contributed by atoms with Crippen molar-refractivity contribution in [1.82, 2.24) is 0 Å². The molecule has 0 bridgehead atoms. The molecule has 1 N–H and O–H groups in total. The normalized spacial score (nSPS) is 11.2. The fourth-order valence-corrected chi connectivity index (χ4v) is 2.02. The van der Waals surface area contributed by atoms with Crippen LogP contribution in [0.25, 0.3) is 10.8 Å². The third-order valence-electron chi connectivity index (χ3n) is 3.15. The number of hydrogen-bond donors (Lipinski definition) is 1. The number of nitrogens with zero attached hydrogens (tertiary/aromatic N) is 2. The molecule has 3 heteroatoms. The molecule has 0 aromatic heterocycles. The Morgan fingerprint density at radius 3 is 2.15 bits per heavy atom. The number of hydrogen-bond acceptors (Lipinski definition) is 3. The first-order chi connectivity index (χ1) is 9.72. The third kappa shape index (κ3) is 2.52. The van der Waals surface area contributed by atoms with Gasteiger partial charge in [-0.05, 0) is 42.0 Å². The summed E-state index contributed by atoms with van der Waals surface area (Å²) in [6, 6.07) is 19.1. The Hall–Kier alpha value is -2.68. The minimum Gasteiger partial charge on any atom is -0.506 e. The van der Waals surface area contributed by atoms with E-state index in [1.54, 1.807) is 6.07 Å². The molecule has 0 fully saturated rings. The van der Waals surface area contributed by atoms with Gasteiger partial charge in [-0.25, -0.2) is 0 Å². The molecule has 3 nitrogen and oxygen atoms in total. The van der Waals surface area contributed by atoms with Crippen molar-refractivity contribution >= 4 is 22.1 Å². The van der Waals surface area contributed by atoms with Gasteiger partial charge in [0.05, 0.1) is 5.69 Å². The van der Waals surface area contributed by atoms with Gasteiger partial charge in [0, 0.05) is 0 Å². The fourth-order valence-electron chi connectivity index (χ4n) is 2.02. The maximum absolute atomic E-state index is 9.98. The van der Waals surface area contributed by atoms with Gasteiger partial charge in [-0.2, -0.15) is 5.11 Å². The van der Waals surface area contributed by atoms with Crippen molar-refractivity contribution in [1.29, 1.82) is 0 Å². The van der Waals surface area contributed by atoms with E-state index in [4.69, 9.17) is 0 Å². The summed E-state index contributed by atoms with van der Waals surface area (Å²) in [7, 11) is 0. The summed E-state index contributed by atoms with van der Waals surface area (Å²) < 4.78 is 0. The highest BCUT2D eigenvalue weighted by atomic mass is 16.3. The molecule has 3 rings (SSSR count). The van der Waals surface area contributed by atoms with Crippen LogP contribution in [0.1, 0.15) is 5.56 Å². The van der Waals surface area contributed by atoms with Crippen LogP contribution in [0.5, 0.6) is 5.75 Å². The number of phenolic OH excluding ortho intramolecular Hbond substituents is 1. The lowest BCUT2D eigenvalue weighted by atomic mass is 10.1. The van der Waals surface area contributed by atoms with Gasteiger partial charge in [-0.15, -0.1) is 5.11 Å². The van der Waals surface area contributed by atoms with Crippen molar-refractivity contribution in [2.75, 3.05) is 0 Å². The Morgan fingerprint density at radius 2 is 1.45 bits per heavy atom. The van der Waals surface area contributed by atoms with Crippen LogP contribution in [0.4, 0.5) is 11.4 Å². The molecule has 3 aromatic rings. The number of benzene rings is 3. The lowest BCUT2D eigenvalue weighted by Crippen LogP contribution is -1.73. The molecule has 0 radical (unpaired) electrons. The molecule has 0 unspecified atom stereocenters. The van der Waals surface area contributed by atoms with Gasteiger partial charge in [-0.3, -0.25) is 0 Å². The highest BCUT2D eigenvalue weighted by molar-refractivity contribution is 5.87. The molecule has 0 saturated heterocycles. The van der Waals surface area contributed by atoms with E-state index in [1.807, 2.05) is 61.5 Å². The minimum atomic E-state index is 0.138. The van der Waals surface area contributed by atoms with Gasteiger partial charge in [0.1, 0.15) is 11.4 Å². The number of phenols is 1. The van der Waals surface area contributed by atoms with E-state index in [0.717, 1.165) is 16.5 Å². The number of aryl methyl sites for hydroxylation is 1. The summed E-state index contributed by atoms with van der Waals surface area (Å²) in [6.07, 6.45) is 0. The van der Waals surface area contributed by atoms with Crippen molar-refractivity contribution in [3.63, 3.8) is 0 Å². The standard InChI is InChI=1S/C17H14N2O/c1-12-6-8-15(9-7-12)18-19-16-10-13-4-2-3-5-14(13)11-17(16)20/h2-11,20H,1H3. The quantitative estimate of drug-likeness (QED) is 0.628. The summed E-state index contributed by atoms with van der Waals surface area (Å²) in [5, 5.41) is 20.3. The molecule has 0 aliphatic rings. The third-order valence-corrected chi connectivity index (χ3v) is 3.15. The van der Waals surface area contributed by atoms with E-state index >= 15 is 0 Å². The first-order valence-electron chi connectivity index (χ1n) is 6.42. The molecule has 0 amide bonds. The highest BCUT2D eigenvalue weighted by Crippen LogP contribution is 2.32. The molecule has 0 heterocycles. The van der Waals surface area contributed by atoms with Gasteiger partial charge >= 0.3 is 0 Å². The predicted octanol–water partition coefficient (Wildman–Crippen LogP) is 5.27. The second kappa shape index (κ2) is 5.13. The van der Waals surface area contributed by atoms with Crippen molar-refractivity contribution in [2.24, 2.45) is 10.2 Å². The topological polar surface area (TPSA) is 45.0 Å². The van der Waals surface area contributed by atoms with Crippen molar-refractivity contribution < 1.29 is 5.11 Å². The van der Waals surface area contributed by atoms with Gasteiger partial charge < -0.3 is 5.11 Å². The number of aromatic hydroxyl groups is 1. The van der Waals surface area contributed by atoms with Crippen LogP contribution < -0.4 is 0 Å². The van der Waals surface area contributed by atoms with E-state index in [1.165, 1.54) is 5.56 Å². The number of fused-ring (bicyclic) bond motifs is 1. The zero-order valence-corrected chi connectivity index (χ0v) is 11.1. The molecule has 98 valence electrons. The zero-order chi connectivity index (χ0) is 13.9. The van der Waals surface area contributed by atoms with E-state index in [2.05, 4.69) is 10.2 Å². The average molecular weight is 262 g/mol. The Labute approximate surface area is 117 Å². The van der Waals surface area contributed by atoms with Crippen LogP contribution in [0.15, 0.2) is 70.9 Å². The van der Waals surface area contributed by atoms with Gasteiger partial charge in [0.15, 0.2) is 0 Å². The smallest absolute Gasteiger partial charge is 0.143 e. The maximum atomic E-state index is 9.98. The molecule has 0 aliphatic carbocycles. The molecule has 3 aromatic carbocycles. The zero-order valence-electron chi connectivity index (χ0n) is 11.1. The van der Waals surface area contributed by atoms with Crippen molar-refractivity contribution in [3.8, 4) is 5.75 Å². The van der Waals surface area contributed by atoms with Crippen LogP contribution in [-0.4, -0.2) is 5.11 Å². The van der Waals surface area contributed by atoms with Crippen molar-refractivity contribution in [2.45, 2.75) is 6.92 Å². The van der Waals surface area contributed by atoms with Crippen LogP contribution in [0.2, 0.25) is 0 Å². The monoisotopic (exact) mass is 262 g/mol. The Kier molecular flexibility index (Phi) is 3.17. The lowest BCUT2D eigenvalue weighted by molar-refractivity contribution is 0.477. The van der Waals surface area contributed by atoms with E-state index in [9.17, 15) is 5.11 Å². The molecule has 0 atom stereocenters. The summed E-state index contributed by atoms with van der Waals surface area (Å²) in [4.78, 5) is 0. The lowest BCUT2D eigenvalue weighted by Gasteiger charge is -2.02. The largest absolute Gasteiger partial charge is 0.506 e. The van der Waals surface area contributed by atoms with Gasteiger partial charge in [0.25, 0.3) is 0 Å². The first-order valence-corrected chi connectivity index (χ1v) is 6.42. The first kappa shape index (κ1) is 12.4. The molecule has 0 saturated carbocycles. The van der Waals surface area contributed by atoms with Gasteiger partial charge in [-0.1, -0.05) is 42.0 Å². The number of azo groups is 1. The molecule has 0 spiro atoms. The second-order valence-electron chi connectivity index (χ2n) is 4.72.